The summed E-state index contributed by atoms with van der Waals surface area (Å²) in [6.07, 6.45) is 1.98. The predicted molar refractivity (Wildman–Crippen MR) is 80.0 cm³/mol. The summed E-state index contributed by atoms with van der Waals surface area (Å²) in [6, 6.07) is 2.07. The van der Waals surface area contributed by atoms with E-state index in [1.165, 1.54) is 17.3 Å². The lowest BCUT2D eigenvalue weighted by atomic mass is 10.2. The monoisotopic (exact) mass is 280 g/mol. The number of likely N-dealkylation sites (N-methyl/N-ethyl adjacent to an activating group) is 1. The molecule has 0 aromatic carbocycles. The van der Waals surface area contributed by atoms with Crippen molar-refractivity contribution in [2.45, 2.75) is 20.8 Å². The zero-order valence-corrected chi connectivity index (χ0v) is 12.4. The molecule has 1 aromatic rings. The molecule has 1 amide bonds. The van der Waals surface area contributed by atoms with Gasteiger partial charge in [-0.05, 0) is 55.6 Å². The molecule has 1 aromatic heterocycles. The van der Waals surface area contributed by atoms with Crippen molar-refractivity contribution >= 4 is 40.2 Å². The first-order valence-corrected chi connectivity index (χ1v) is 7.67. The van der Waals surface area contributed by atoms with Crippen LogP contribution in [0.2, 0.25) is 0 Å². The number of thiophene rings is 1. The smallest absolute Gasteiger partial charge is 0.266 e. The first-order chi connectivity index (χ1) is 8.67. The van der Waals surface area contributed by atoms with Crippen LogP contribution >= 0.6 is 23.1 Å². The summed E-state index contributed by atoms with van der Waals surface area (Å²) in [5, 5.41) is 2.87. The number of hydrogen-bond donors (Lipinski definition) is 0. The van der Waals surface area contributed by atoms with Crippen LogP contribution in [0.15, 0.2) is 21.3 Å². The molecule has 0 saturated carbocycles. The van der Waals surface area contributed by atoms with Crippen LogP contribution in [0.1, 0.15) is 24.3 Å². The van der Waals surface area contributed by atoms with Gasteiger partial charge in [0.2, 0.25) is 0 Å². The number of amides is 1. The lowest BCUT2D eigenvalue weighted by Gasteiger charge is -2.11. The molecule has 2 rings (SSSR count). The standard InChI is InChI=1S/C13H16N2OS2/c1-4-14-13-15(5-2)12(16)11(18-13)8-10-9(3)6-7-17-10/h6-8H,4-5H2,1-3H3/b11-8+,14-13?. The minimum absolute atomic E-state index is 0.0718. The van der Waals surface area contributed by atoms with E-state index in [1.807, 2.05) is 25.3 Å². The van der Waals surface area contributed by atoms with Crippen molar-refractivity contribution in [3.8, 4) is 0 Å². The normalized spacial score (nSPS) is 20.4. The quantitative estimate of drug-likeness (QED) is 0.795. The molecule has 1 fully saturated rings. The Bertz CT molecular complexity index is 517. The first-order valence-electron chi connectivity index (χ1n) is 5.97. The van der Waals surface area contributed by atoms with E-state index in [2.05, 4.69) is 18.0 Å². The van der Waals surface area contributed by atoms with E-state index < -0.39 is 0 Å². The number of thioether (sulfide) groups is 1. The third-order valence-electron chi connectivity index (χ3n) is 2.66. The lowest BCUT2D eigenvalue weighted by Crippen LogP contribution is -2.28. The van der Waals surface area contributed by atoms with Gasteiger partial charge >= 0.3 is 0 Å². The van der Waals surface area contributed by atoms with E-state index >= 15 is 0 Å². The number of aliphatic imine (C=N–C) groups is 1. The maximum atomic E-state index is 12.2. The minimum atomic E-state index is 0.0718. The van der Waals surface area contributed by atoms with Gasteiger partial charge in [0.15, 0.2) is 5.17 Å². The number of aryl methyl sites for hydroxylation is 1. The number of rotatable bonds is 3. The van der Waals surface area contributed by atoms with Crippen LogP contribution in [-0.4, -0.2) is 29.1 Å². The third-order valence-corrected chi connectivity index (χ3v) is 4.67. The molecule has 18 heavy (non-hydrogen) atoms. The van der Waals surface area contributed by atoms with Gasteiger partial charge < -0.3 is 0 Å². The minimum Gasteiger partial charge on any atom is -0.287 e. The average Bonchev–Trinajstić information content (AvgIpc) is 2.86. The highest BCUT2D eigenvalue weighted by Crippen LogP contribution is 2.33. The molecule has 0 radical (unpaired) electrons. The molecular weight excluding hydrogens is 264 g/mol. The number of amidine groups is 1. The molecule has 96 valence electrons. The van der Waals surface area contributed by atoms with Crippen LogP contribution in [0, 0.1) is 6.92 Å². The van der Waals surface area contributed by atoms with Gasteiger partial charge in [-0.3, -0.25) is 14.7 Å². The molecule has 1 aliphatic heterocycles. The molecular formula is C13H16N2OS2. The van der Waals surface area contributed by atoms with Crippen molar-refractivity contribution in [1.82, 2.24) is 4.90 Å². The van der Waals surface area contributed by atoms with Gasteiger partial charge in [0, 0.05) is 18.0 Å². The van der Waals surface area contributed by atoms with Crippen LogP contribution in [0.4, 0.5) is 0 Å². The summed E-state index contributed by atoms with van der Waals surface area (Å²) < 4.78 is 0. The average molecular weight is 280 g/mol. The lowest BCUT2D eigenvalue weighted by molar-refractivity contribution is -0.122. The van der Waals surface area contributed by atoms with E-state index in [-0.39, 0.29) is 5.91 Å². The van der Waals surface area contributed by atoms with Crippen molar-refractivity contribution in [3.63, 3.8) is 0 Å². The van der Waals surface area contributed by atoms with Crippen LogP contribution < -0.4 is 0 Å². The second kappa shape index (κ2) is 5.71. The molecule has 5 heteroatoms. The summed E-state index contributed by atoms with van der Waals surface area (Å²) in [5.41, 5.74) is 1.21. The molecule has 0 atom stereocenters. The summed E-state index contributed by atoms with van der Waals surface area (Å²) in [5.74, 6) is 0.0718. The van der Waals surface area contributed by atoms with Crippen molar-refractivity contribution in [2.24, 2.45) is 4.99 Å². The van der Waals surface area contributed by atoms with E-state index in [0.29, 0.717) is 13.1 Å². The van der Waals surface area contributed by atoms with E-state index in [9.17, 15) is 4.79 Å². The summed E-state index contributed by atoms with van der Waals surface area (Å²) >= 11 is 3.14. The summed E-state index contributed by atoms with van der Waals surface area (Å²) in [4.78, 5) is 20.3. The fourth-order valence-corrected chi connectivity index (χ4v) is 3.71. The molecule has 1 saturated heterocycles. The Labute approximate surface area is 116 Å². The Morgan fingerprint density at radius 2 is 2.22 bits per heavy atom. The van der Waals surface area contributed by atoms with Gasteiger partial charge in [-0.2, -0.15) is 0 Å². The Morgan fingerprint density at radius 1 is 1.44 bits per heavy atom. The highest BCUT2D eigenvalue weighted by atomic mass is 32.2. The zero-order valence-electron chi connectivity index (χ0n) is 10.8. The van der Waals surface area contributed by atoms with Crippen molar-refractivity contribution in [2.75, 3.05) is 13.1 Å². The fourth-order valence-electron chi connectivity index (χ4n) is 1.69. The Morgan fingerprint density at radius 3 is 2.78 bits per heavy atom. The molecule has 0 spiro atoms. The van der Waals surface area contributed by atoms with Gasteiger partial charge in [0.25, 0.3) is 5.91 Å². The number of nitrogens with zero attached hydrogens (tertiary/aromatic N) is 2. The number of carbonyl (C=O) groups excluding carboxylic acids is 1. The maximum Gasteiger partial charge on any atom is 0.266 e. The number of hydrogen-bond acceptors (Lipinski definition) is 4. The van der Waals surface area contributed by atoms with Gasteiger partial charge in [0.05, 0.1) is 4.91 Å². The second-order valence-corrected chi connectivity index (χ2v) is 5.84. The molecule has 0 bridgehead atoms. The SMILES string of the molecule is CCN=C1S/C(=C/c2sccc2C)C(=O)N1CC. The van der Waals surface area contributed by atoms with Crippen molar-refractivity contribution in [1.29, 1.82) is 0 Å². The Hall–Kier alpha value is -1.07. The van der Waals surface area contributed by atoms with Crippen LogP contribution in [0.25, 0.3) is 6.08 Å². The van der Waals surface area contributed by atoms with Crippen LogP contribution in [0.5, 0.6) is 0 Å². The Balaban J connectivity index is 2.32. The van der Waals surface area contributed by atoms with Gasteiger partial charge in [0.1, 0.15) is 0 Å². The van der Waals surface area contributed by atoms with Crippen molar-refractivity contribution in [3.05, 3.63) is 26.8 Å². The highest BCUT2D eigenvalue weighted by molar-refractivity contribution is 8.18. The highest BCUT2D eigenvalue weighted by Gasteiger charge is 2.31. The van der Waals surface area contributed by atoms with Crippen LogP contribution in [-0.2, 0) is 4.79 Å². The molecule has 3 nitrogen and oxygen atoms in total. The van der Waals surface area contributed by atoms with Crippen molar-refractivity contribution < 1.29 is 4.79 Å². The van der Waals surface area contributed by atoms with Gasteiger partial charge in [-0.1, -0.05) is 0 Å². The maximum absolute atomic E-state index is 12.2. The third kappa shape index (κ3) is 2.52. The topological polar surface area (TPSA) is 32.7 Å². The first kappa shape index (κ1) is 13.4. The Kier molecular flexibility index (Phi) is 4.24. The van der Waals surface area contributed by atoms with E-state index in [0.717, 1.165) is 14.9 Å². The number of carbonyl (C=O) groups is 1. The molecule has 2 heterocycles. The van der Waals surface area contributed by atoms with Gasteiger partial charge in [-0.15, -0.1) is 11.3 Å². The largest absolute Gasteiger partial charge is 0.287 e. The molecule has 0 aliphatic carbocycles. The van der Waals surface area contributed by atoms with Crippen LogP contribution in [0.3, 0.4) is 0 Å². The fraction of sp³-hybridized carbons (Fsp3) is 0.385. The molecule has 0 unspecified atom stereocenters. The van der Waals surface area contributed by atoms with E-state index in [1.54, 1.807) is 16.2 Å². The second-order valence-electron chi connectivity index (χ2n) is 3.88. The zero-order chi connectivity index (χ0) is 13.1. The molecule has 0 N–H and O–H groups in total. The predicted octanol–water partition coefficient (Wildman–Crippen LogP) is 3.37. The molecule has 1 aliphatic rings. The van der Waals surface area contributed by atoms with Gasteiger partial charge in [-0.25, -0.2) is 0 Å². The summed E-state index contributed by atoms with van der Waals surface area (Å²) in [6.45, 7) is 7.40. The summed E-state index contributed by atoms with van der Waals surface area (Å²) in [7, 11) is 0. The van der Waals surface area contributed by atoms with E-state index in [4.69, 9.17) is 0 Å².